The molecule has 0 saturated carbocycles. The van der Waals surface area contributed by atoms with Crippen LogP contribution in [0.3, 0.4) is 0 Å². The maximum absolute atomic E-state index is 4.49. The van der Waals surface area contributed by atoms with Crippen LogP contribution in [0.4, 0.5) is 5.69 Å². The minimum Gasteiger partial charge on any atom is -0.368 e. The minimum absolute atomic E-state index is 0.799. The van der Waals surface area contributed by atoms with Gasteiger partial charge in [0.1, 0.15) is 0 Å². The molecule has 144 valence electrons. The van der Waals surface area contributed by atoms with Crippen molar-refractivity contribution in [1.82, 2.24) is 15.1 Å². The molecule has 3 rings (SSSR count). The Bertz CT molecular complexity index is 716. The Morgan fingerprint density at radius 3 is 2.15 bits per heavy atom. The van der Waals surface area contributed by atoms with Gasteiger partial charge in [-0.25, -0.2) is 0 Å². The van der Waals surface area contributed by atoms with Crippen LogP contribution in [0.2, 0.25) is 0 Å². The van der Waals surface area contributed by atoms with E-state index in [1.54, 1.807) is 0 Å². The topological polar surface area (TPSA) is 34.1 Å². The predicted molar refractivity (Wildman–Crippen MR) is 114 cm³/mol. The number of piperazine rings is 1. The maximum Gasteiger partial charge on any atom is 0.194 e. The zero-order chi connectivity index (χ0) is 19.1. The average molecular weight is 366 g/mol. The van der Waals surface area contributed by atoms with Gasteiger partial charge in [-0.2, -0.15) is 0 Å². The monoisotopic (exact) mass is 365 g/mol. The van der Waals surface area contributed by atoms with Crippen molar-refractivity contribution in [3.63, 3.8) is 0 Å². The lowest BCUT2D eigenvalue weighted by molar-refractivity contribution is 0.372. The molecular weight excluding hydrogens is 334 g/mol. The molecule has 0 amide bonds. The molecule has 0 aromatic heterocycles. The third kappa shape index (κ3) is 5.47. The van der Waals surface area contributed by atoms with Crippen LogP contribution in [0.15, 0.2) is 59.6 Å². The highest BCUT2D eigenvalue weighted by atomic mass is 15.3. The first-order chi connectivity index (χ1) is 13.2. The van der Waals surface area contributed by atoms with Crippen molar-refractivity contribution in [2.24, 2.45) is 4.99 Å². The van der Waals surface area contributed by atoms with E-state index in [9.17, 15) is 0 Å². The molecular formula is C22H31N5. The van der Waals surface area contributed by atoms with Crippen LogP contribution >= 0.6 is 0 Å². The molecule has 2 aromatic carbocycles. The molecule has 1 aliphatic heterocycles. The second kappa shape index (κ2) is 9.42. The van der Waals surface area contributed by atoms with E-state index in [1.165, 1.54) is 16.8 Å². The molecule has 0 bridgehead atoms. The van der Waals surface area contributed by atoms with Gasteiger partial charge in [-0.05, 0) is 37.4 Å². The summed E-state index contributed by atoms with van der Waals surface area (Å²) in [6, 6.07) is 19.5. The summed E-state index contributed by atoms with van der Waals surface area (Å²) in [4.78, 5) is 11.5. The number of benzene rings is 2. The number of para-hydroxylation sites is 1. The lowest BCUT2D eigenvalue weighted by Crippen LogP contribution is -2.52. The van der Waals surface area contributed by atoms with Gasteiger partial charge in [-0.3, -0.25) is 4.99 Å². The van der Waals surface area contributed by atoms with Gasteiger partial charge in [-0.1, -0.05) is 42.5 Å². The summed E-state index contributed by atoms with van der Waals surface area (Å²) in [6.07, 6.45) is 0. The van der Waals surface area contributed by atoms with Gasteiger partial charge in [0.25, 0.3) is 0 Å². The molecule has 27 heavy (non-hydrogen) atoms. The number of rotatable bonds is 5. The van der Waals surface area contributed by atoms with E-state index in [2.05, 4.69) is 93.7 Å². The molecule has 2 aromatic rings. The molecule has 0 aliphatic carbocycles. The third-order valence-electron chi connectivity index (χ3n) is 4.88. The van der Waals surface area contributed by atoms with E-state index in [1.807, 2.05) is 7.05 Å². The van der Waals surface area contributed by atoms with Crippen LogP contribution in [0.5, 0.6) is 0 Å². The van der Waals surface area contributed by atoms with Crippen LogP contribution in [0.1, 0.15) is 11.1 Å². The number of nitrogens with zero attached hydrogens (tertiary/aromatic N) is 4. The van der Waals surface area contributed by atoms with Crippen molar-refractivity contribution < 1.29 is 0 Å². The Morgan fingerprint density at radius 1 is 0.926 bits per heavy atom. The third-order valence-corrected chi connectivity index (χ3v) is 4.88. The fourth-order valence-corrected chi connectivity index (χ4v) is 3.46. The van der Waals surface area contributed by atoms with Crippen LogP contribution < -0.4 is 10.2 Å². The SMILES string of the molecule is CN=C(NCc1ccc(CN(C)C)cc1)N1CCN(c2ccccc2)CC1. The molecule has 0 atom stereocenters. The van der Waals surface area contributed by atoms with Crippen molar-refractivity contribution in [3.05, 3.63) is 65.7 Å². The molecule has 0 spiro atoms. The van der Waals surface area contributed by atoms with E-state index in [0.717, 1.165) is 45.2 Å². The molecule has 1 saturated heterocycles. The molecule has 1 N–H and O–H groups in total. The van der Waals surface area contributed by atoms with Crippen LogP contribution in [0.25, 0.3) is 0 Å². The maximum atomic E-state index is 4.49. The summed E-state index contributed by atoms with van der Waals surface area (Å²) in [5, 5.41) is 3.52. The number of hydrogen-bond donors (Lipinski definition) is 1. The Kier molecular flexibility index (Phi) is 6.71. The molecule has 1 heterocycles. The lowest BCUT2D eigenvalue weighted by Gasteiger charge is -2.37. The number of guanidine groups is 1. The smallest absolute Gasteiger partial charge is 0.194 e. The van der Waals surface area contributed by atoms with Gasteiger partial charge in [0, 0.05) is 52.0 Å². The summed E-state index contributed by atoms with van der Waals surface area (Å²) in [5.74, 6) is 0.986. The highest BCUT2D eigenvalue weighted by Gasteiger charge is 2.19. The summed E-state index contributed by atoms with van der Waals surface area (Å²) in [6.45, 7) is 5.77. The van der Waals surface area contributed by atoms with Crippen molar-refractivity contribution in [1.29, 1.82) is 0 Å². The average Bonchev–Trinajstić information content (AvgIpc) is 2.70. The van der Waals surface area contributed by atoms with Crippen molar-refractivity contribution in [2.75, 3.05) is 52.2 Å². The number of hydrogen-bond acceptors (Lipinski definition) is 3. The van der Waals surface area contributed by atoms with Crippen LogP contribution in [-0.4, -0.2) is 63.1 Å². The number of anilines is 1. The lowest BCUT2D eigenvalue weighted by atomic mass is 10.1. The first kappa shape index (κ1) is 19.2. The Labute approximate surface area is 163 Å². The largest absolute Gasteiger partial charge is 0.368 e. The summed E-state index contributed by atoms with van der Waals surface area (Å²) < 4.78 is 0. The summed E-state index contributed by atoms with van der Waals surface area (Å²) >= 11 is 0. The van der Waals surface area contributed by atoms with Crippen molar-refractivity contribution >= 4 is 11.6 Å². The second-order valence-electron chi connectivity index (χ2n) is 7.26. The van der Waals surface area contributed by atoms with Crippen LogP contribution in [0, 0.1) is 0 Å². The van der Waals surface area contributed by atoms with Gasteiger partial charge in [0.2, 0.25) is 0 Å². The molecule has 5 nitrogen and oxygen atoms in total. The Balaban J connectivity index is 1.50. The fourth-order valence-electron chi connectivity index (χ4n) is 3.46. The Morgan fingerprint density at radius 2 is 1.56 bits per heavy atom. The van der Waals surface area contributed by atoms with Crippen molar-refractivity contribution in [3.8, 4) is 0 Å². The van der Waals surface area contributed by atoms with Crippen LogP contribution in [-0.2, 0) is 13.1 Å². The highest BCUT2D eigenvalue weighted by Crippen LogP contribution is 2.15. The minimum atomic E-state index is 0.799. The molecule has 1 aliphatic rings. The zero-order valence-electron chi connectivity index (χ0n) is 16.7. The van der Waals surface area contributed by atoms with E-state index in [0.29, 0.717) is 0 Å². The number of aliphatic imine (C=N–C) groups is 1. The summed E-state index contributed by atoms with van der Waals surface area (Å²) in [5.41, 5.74) is 3.92. The quantitative estimate of drug-likeness (QED) is 0.652. The Hall–Kier alpha value is -2.53. The van der Waals surface area contributed by atoms with Gasteiger partial charge in [0.15, 0.2) is 5.96 Å². The second-order valence-corrected chi connectivity index (χ2v) is 7.26. The van der Waals surface area contributed by atoms with Gasteiger partial charge in [-0.15, -0.1) is 0 Å². The van der Waals surface area contributed by atoms with E-state index in [-0.39, 0.29) is 0 Å². The summed E-state index contributed by atoms with van der Waals surface area (Å²) in [7, 11) is 6.06. The first-order valence-electron chi connectivity index (χ1n) is 9.64. The van der Waals surface area contributed by atoms with E-state index in [4.69, 9.17) is 0 Å². The molecule has 0 unspecified atom stereocenters. The van der Waals surface area contributed by atoms with Crippen molar-refractivity contribution in [2.45, 2.75) is 13.1 Å². The van der Waals surface area contributed by atoms with E-state index < -0.39 is 0 Å². The van der Waals surface area contributed by atoms with Gasteiger partial charge in [0.05, 0.1) is 0 Å². The zero-order valence-corrected chi connectivity index (χ0v) is 16.7. The van der Waals surface area contributed by atoms with Gasteiger partial charge >= 0.3 is 0 Å². The molecule has 0 radical (unpaired) electrons. The molecule has 1 fully saturated rings. The predicted octanol–water partition coefficient (Wildman–Crippen LogP) is 2.65. The highest BCUT2D eigenvalue weighted by molar-refractivity contribution is 5.80. The normalized spacial score (nSPS) is 15.3. The van der Waals surface area contributed by atoms with E-state index >= 15 is 0 Å². The fraction of sp³-hybridized carbons (Fsp3) is 0.409. The van der Waals surface area contributed by atoms with Gasteiger partial charge < -0.3 is 20.0 Å². The standard InChI is InChI=1S/C22H31N5/c1-23-22(24-17-19-9-11-20(12-10-19)18-25(2)3)27-15-13-26(14-16-27)21-7-5-4-6-8-21/h4-12H,13-18H2,1-3H3,(H,23,24). The first-order valence-corrected chi connectivity index (χ1v) is 9.64. The number of nitrogens with one attached hydrogen (secondary N) is 1. The molecule has 5 heteroatoms.